The number of aromatic nitrogens is 1. The van der Waals surface area contributed by atoms with Gasteiger partial charge in [0.15, 0.2) is 9.84 Å². The van der Waals surface area contributed by atoms with Gasteiger partial charge in [-0.2, -0.15) is 13.2 Å². The van der Waals surface area contributed by atoms with Crippen molar-refractivity contribution in [2.45, 2.75) is 29.8 Å². The van der Waals surface area contributed by atoms with E-state index in [-0.39, 0.29) is 10.6 Å². The molecule has 2 atom stereocenters. The van der Waals surface area contributed by atoms with Crippen LogP contribution in [0.5, 0.6) is 0 Å². The lowest BCUT2D eigenvalue weighted by molar-refractivity contribution is -0.192. The maximum atomic E-state index is 12.4. The van der Waals surface area contributed by atoms with Crippen molar-refractivity contribution in [2.75, 3.05) is 18.4 Å². The molecule has 3 rings (SSSR count). The van der Waals surface area contributed by atoms with Gasteiger partial charge in [-0.05, 0) is 30.7 Å². The molecule has 0 spiro atoms. The standard InChI is InChI=1S/C15H18ClN3O2S2.C2HF3O2/c1-10-7-17-8-14(10)19-13-3-2-11(6-12(13)16)23(20,21)9-15-18-4-5-22-15;3-2(4,5)1(6)7/h2-6,10,14,17,19H,7-9H2,1H3;(H,6,7)/t10-,14?;/m0./s1. The van der Waals surface area contributed by atoms with Crippen molar-refractivity contribution in [2.24, 2.45) is 5.92 Å². The number of sulfone groups is 1. The summed E-state index contributed by atoms with van der Waals surface area (Å²) < 4.78 is 56.6. The number of carboxylic acid groups (broad SMARTS) is 1. The zero-order chi connectivity index (χ0) is 22.5. The Balaban J connectivity index is 0.000000396. The molecule has 166 valence electrons. The predicted octanol–water partition coefficient (Wildman–Crippen LogP) is 3.42. The van der Waals surface area contributed by atoms with Crippen LogP contribution < -0.4 is 10.6 Å². The fourth-order valence-electron chi connectivity index (χ4n) is 2.58. The van der Waals surface area contributed by atoms with Crippen molar-refractivity contribution in [1.82, 2.24) is 10.3 Å². The first-order chi connectivity index (χ1) is 13.9. The van der Waals surface area contributed by atoms with Crippen molar-refractivity contribution < 1.29 is 31.5 Å². The number of nitrogens with one attached hydrogen (secondary N) is 2. The van der Waals surface area contributed by atoms with Crippen LogP contribution >= 0.6 is 22.9 Å². The maximum Gasteiger partial charge on any atom is 0.490 e. The van der Waals surface area contributed by atoms with Crippen molar-refractivity contribution in [3.8, 4) is 0 Å². The number of hydrogen-bond donors (Lipinski definition) is 3. The molecule has 0 aliphatic carbocycles. The molecule has 2 aromatic rings. The van der Waals surface area contributed by atoms with Gasteiger partial charge < -0.3 is 15.7 Å². The normalized spacial score (nSPS) is 19.1. The van der Waals surface area contributed by atoms with E-state index in [1.54, 1.807) is 23.7 Å². The van der Waals surface area contributed by atoms with E-state index < -0.39 is 22.0 Å². The Morgan fingerprint density at radius 3 is 2.53 bits per heavy atom. The first-order valence-electron chi connectivity index (χ1n) is 8.58. The van der Waals surface area contributed by atoms with Crippen LogP contribution in [0.3, 0.4) is 0 Å². The number of alkyl halides is 3. The third-order valence-electron chi connectivity index (χ3n) is 4.20. The average Bonchev–Trinajstić information content (AvgIpc) is 3.28. The van der Waals surface area contributed by atoms with Crippen molar-refractivity contribution in [3.63, 3.8) is 0 Å². The maximum absolute atomic E-state index is 12.4. The monoisotopic (exact) mass is 485 g/mol. The Morgan fingerprint density at radius 1 is 1.40 bits per heavy atom. The zero-order valence-corrected chi connectivity index (χ0v) is 18.0. The smallest absolute Gasteiger partial charge is 0.475 e. The quantitative estimate of drug-likeness (QED) is 0.595. The van der Waals surface area contributed by atoms with Gasteiger partial charge in [0.05, 0.1) is 15.6 Å². The van der Waals surface area contributed by atoms with Gasteiger partial charge in [0.25, 0.3) is 0 Å². The van der Waals surface area contributed by atoms with Crippen molar-refractivity contribution >= 4 is 44.4 Å². The van der Waals surface area contributed by atoms with Crippen LogP contribution in [-0.4, -0.2) is 49.8 Å². The lowest BCUT2D eigenvalue weighted by Crippen LogP contribution is -2.26. The van der Waals surface area contributed by atoms with Gasteiger partial charge in [-0.3, -0.25) is 0 Å². The Labute approximate surface area is 180 Å². The lowest BCUT2D eigenvalue weighted by Gasteiger charge is -2.19. The SMILES string of the molecule is C[C@H]1CNCC1Nc1ccc(S(=O)(=O)Cc2nccs2)cc1Cl.O=C(O)C(F)(F)F. The summed E-state index contributed by atoms with van der Waals surface area (Å²) >= 11 is 7.61. The number of halogens is 4. The molecule has 0 amide bonds. The van der Waals surface area contributed by atoms with Gasteiger partial charge in [0.2, 0.25) is 0 Å². The number of hydrogen-bond acceptors (Lipinski definition) is 7. The van der Waals surface area contributed by atoms with E-state index in [0.29, 0.717) is 22.0 Å². The molecule has 1 unspecified atom stereocenters. The molecule has 1 fully saturated rings. The minimum absolute atomic E-state index is 0.0999. The highest BCUT2D eigenvalue weighted by molar-refractivity contribution is 7.90. The summed E-state index contributed by atoms with van der Waals surface area (Å²) in [6, 6.07) is 5.15. The number of nitrogens with zero attached hydrogens (tertiary/aromatic N) is 1. The molecule has 1 saturated heterocycles. The number of benzene rings is 1. The molecule has 7 nitrogen and oxygen atoms in total. The number of anilines is 1. The molecule has 1 aromatic carbocycles. The molecule has 3 N–H and O–H groups in total. The molecule has 1 aromatic heterocycles. The fourth-order valence-corrected chi connectivity index (χ4v) is 5.16. The molecule has 0 radical (unpaired) electrons. The minimum Gasteiger partial charge on any atom is -0.475 e. The van der Waals surface area contributed by atoms with Gasteiger partial charge >= 0.3 is 12.1 Å². The topological polar surface area (TPSA) is 108 Å². The first-order valence-corrected chi connectivity index (χ1v) is 11.5. The third-order valence-corrected chi connectivity index (χ3v) is 7.10. The molecule has 1 aliphatic rings. The molecule has 13 heteroatoms. The average molecular weight is 486 g/mol. The second kappa shape index (κ2) is 9.94. The van der Waals surface area contributed by atoms with Crippen molar-refractivity contribution in [1.29, 1.82) is 0 Å². The fraction of sp³-hybridized carbons (Fsp3) is 0.412. The lowest BCUT2D eigenvalue weighted by atomic mass is 10.1. The van der Waals surface area contributed by atoms with E-state index in [0.717, 1.165) is 18.8 Å². The third kappa shape index (κ3) is 6.83. The molecule has 0 saturated carbocycles. The van der Waals surface area contributed by atoms with Gasteiger partial charge in [0, 0.05) is 24.2 Å². The number of aliphatic carboxylic acids is 1. The zero-order valence-electron chi connectivity index (χ0n) is 15.6. The molecule has 1 aliphatic heterocycles. The molecular formula is C17H19ClF3N3O4S2. The molecule has 0 bridgehead atoms. The summed E-state index contributed by atoms with van der Waals surface area (Å²) in [4.78, 5) is 13.1. The highest BCUT2D eigenvalue weighted by Crippen LogP contribution is 2.29. The van der Waals surface area contributed by atoms with E-state index in [2.05, 4.69) is 22.5 Å². The van der Waals surface area contributed by atoms with E-state index in [1.807, 2.05) is 0 Å². The van der Waals surface area contributed by atoms with Crippen LogP contribution in [0, 0.1) is 5.92 Å². The molecule has 2 heterocycles. The number of thiazole rings is 1. The highest BCUT2D eigenvalue weighted by atomic mass is 35.5. The number of rotatable bonds is 5. The van der Waals surface area contributed by atoms with Crippen LogP contribution in [-0.2, 0) is 20.4 Å². The van der Waals surface area contributed by atoms with E-state index in [4.69, 9.17) is 21.5 Å². The number of carboxylic acids is 1. The van der Waals surface area contributed by atoms with E-state index in [9.17, 15) is 21.6 Å². The molecule has 30 heavy (non-hydrogen) atoms. The van der Waals surface area contributed by atoms with Gasteiger partial charge in [0.1, 0.15) is 10.8 Å². The van der Waals surface area contributed by atoms with Crippen molar-refractivity contribution in [3.05, 3.63) is 39.8 Å². The minimum atomic E-state index is -5.08. The van der Waals surface area contributed by atoms with Gasteiger partial charge in [-0.1, -0.05) is 18.5 Å². The predicted molar refractivity (Wildman–Crippen MR) is 108 cm³/mol. The Hall–Kier alpha value is -1.89. The van der Waals surface area contributed by atoms with Crippen LogP contribution in [0.2, 0.25) is 5.02 Å². The summed E-state index contributed by atoms with van der Waals surface area (Å²) in [5.74, 6) is -2.36. The Morgan fingerprint density at radius 2 is 2.07 bits per heavy atom. The Bertz CT molecular complexity index is 969. The molecular weight excluding hydrogens is 467 g/mol. The van der Waals surface area contributed by atoms with Crippen LogP contribution in [0.4, 0.5) is 18.9 Å². The first kappa shape index (κ1) is 24.4. The highest BCUT2D eigenvalue weighted by Gasteiger charge is 2.38. The largest absolute Gasteiger partial charge is 0.490 e. The van der Waals surface area contributed by atoms with E-state index >= 15 is 0 Å². The van der Waals surface area contributed by atoms with E-state index in [1.165, 1.54) is 17.4 Å². The van der Waals surface area contributed by atoms with Crippen LogP contribution in [0.15, 0.2) is 34.7 Å². The van der Waals surface area contributed by atoms with Gasteiger partial charge in [-0.15, -0.1) is 11.3 Å². The van der Waals surface area contributed by atoms with Gasteiger partial charge in [-0.25, -0.2) is 18.2 Å². The summed E-state index contributed by atoms with van der Waals surface area (Å²) in [6.45, 7) is 4.01. The summed E-state index contributed by atoms with van der Waals surface area (Å²) in [5.41, 5.74) is 0.764. The second-order valence-electron chi connectivity index (χ2n) is 6.52. The van der Waals surface area contributed by atoms with Crippen LogP contribution in [0.1, 0.15) is 11.9 Å². The summed E-state index contributed by atoms with van der Waals surface area (Å²) in [6.07, 6.45) is -3.48. The van der Waals surface area contributed by atoms with Crippen LogP contribution in [0.25, 0.3) is 0 Å². The summed E-state index contributed by atoms with van der Waals surface area (Å²) in [7, 11) is -3.44. The Kier molecular flexibility index (Phi) is 8.08. The number of carbonyl (C=O) groups is 1. The summed E-state index contributed by atoms with van der Waals surface area (Å²) in [5, 5.41) is 16.6. The second-order valence-corrected chi connectivity index (χ2v) is 9.89.